The molecule has 0 atom stereocenters. The Labute approximate surface area is 89.1 Å². The van der Waals surface area contributed by atoms with Crippen molar-refractivity contribution >= 4 is 33.1 Å². The average molecular weight is 221 g/mol. The summed E-state index contributed by atoms with van der Waals surface area (Å²) in [6.45, 7) is 0. The lowest BCUT2D eigenvalue weighted by molar-refractivity contribution is -0.129. The number of rotatable bonds is 2. The second-order valence-corrected chi connectivity index (χ2v) is 3.99. The maximum Gasteiger partial charge on any atom is 0.359 e. The molecule has 0 amide bonds. The first-order chi connectivity index (χ1) is 7.22. The minimum absolute atomic E-state index is 0.323. The number of hydrogen-bond donors (Lipinski definition) is 2. The van der Waals surface area contributed by atoms with Crippen molar-refractivity contribution in [2.75, 3.05) is 0 Å². The van der Waals surface area contributed by atoms with E-state index in [-0.39, 0.29) is 5.71 Å². The summed E-state index contributed by atoms with van der Waals surface area (Å²) < 4.78 is 0.968. The van der Waals surface area contributed by atoms with Gasteiger partial charge in [-0.3, -0.25) is 0 Å². The monoisotopic (exact) mass is 221 g/mol. The summed E-state index contributed by atoms with van der Waals surface area (Å²) in [5.41, 5.74) is -0.323. The van der Waals surface area contributed by atoms with Gasteiger partial charge in [-0.05, 0) is 17.5 Å². The summed E-state index contributed by atoms with van der Waals surface area (Å²) in [5, 5.41) is 21.1. The normalized spacial score (nSPS) is 11.9. The lowest BCUT2D eigenvalue weighted by Gasteiger charge is -1.91. The van der Waals surface area contributed by atoms with Crippen LogP contribution in [0.4, 0.5) is 0 Å². The number of oxime groups is 1. The van der Waals surface area contributed by atoms with Crippen LogP contribution in [-0.4, -0.2) is 22.0 Å². The molecule has 0 saturated heterocycles. The van der Waals surface area contributed by atoms with E-state index < -0.39 is 5.97 Å². The predicted molar refractivity (Wildman–Crippen MR) is 57.8 cm³/mol. The molecule has 5 heteroatoms. The zero-order valence-electron chi connectivity index (χ0n) is 7.54. The van der Waals surface area contributed by atoms with Gasteiger partial charge in [-0.2, -0.15) is 0 Å². The molecule has 0 aliphatic rings. The van der Waals surface area contributed by atoms with Crippen LogP contribution in [0, 0.1) is 0 Å². The SMILES string of the molecule is O=C(O)/C(=N/O)c1cc2ccccc2s1. The van der Waals surface area contributed by atoms with Crippen molar-refractivity contribution in [3.8, 4) is 0 Å². The maximum absolute atomic E-state index is 10.7. The topological polar surface area (TPSA) is 69.9 Å². The quantitative estimate of drug-likeness (QED) is 0.464. The third kappa shape index (κ3) is 1.69. The Bertz CT molecular complexity index is 511. The number of benzene rings is 1. The summed E-state index contributed by atoms with van der Waals surface area (Å²) in [6.07, 6.45) is 0. The van der Waals surface area contributed by atoms with Gasteiger partial charge in [-0.25, -0.2) is 4.79 Å². The van der Waals surface area contributed by atoms with E-state index >= 15 is 0 Å². The second kappa shape index (κ2) is 3.70. The Morgan fingerprint density at radius 3 is 2.67 bits per heavy atom. The fourth-order valence-electron chi connectivity index (χ4n) is 1.30. The highest BCUT2D eigenvalue weighted by molar-refractivity contribution is 7.21. The lowest BCUT2D eigenvalue weighted by atomic mass is 10.2. The Hall–Kier alpha value is -1.88. The molecule has 2 N–H and O–H groups in total. The van der Waals surface area contributed by atoms with E-state index in [0.29, 0.717) is 4.88 Å². The van der Waals surface area contributed by atoms with Crippen LogP contribution in [0.15, 0.2) is 35.5 Å². The molecule has 0 fully saturated rings. The van der Waals surface area contributed by atoms with Gasteiger partial charge in [-0.1, -0.05) is 23.4 Å². The summed E-state index contributed by atoms with van der Waals surface area (Å²) in [7, 11) is 0. The van der Waals surface area contributed by atoms with Crippen LogP contribution >= 0.6 is 11.3 Å². The van der Waals surface area contributed by atoms with Gasteiger partial charge in [0.25, 0.3) is 0 Å². The van der Waals surface area contributed by atoms with Crippen molar-refractivity contribution in [2.24, 2.45) is 5.16 Å². The summed E-state index contributed by atoms with van der Waals surface area (Å²) in [6, 6.07) is 9.21. The lowest BCUT2D eigenvalue weighted by Crippen LogP contribution is -2.12. The fourth-order valence-corrected chi connectivity index (χ4v) is 2.34. The van der Waals surface area contributed by atoms with Crippen LogP contribution in [-0.2, 0) is 4.79 Å². The van der Waals surface area contributed by atoms with Crippen LogP contribution in [0.5, 0.6) is 0 Å². The summed E-state index contributed by atoms with van der Waals surface area (Å²) in [4.78, 5) is 11.2. The van der Waals surface area contributed by atoms with Crippen molar-refractivity contribution in [1.82, 2.24) is 0 Å². The first-order valence-electron chi connectivity index (χ1n) is 4.16. The summed E-state index contributed by atoms with van der Waals surface area (Å²) in [5.74, 6) is -1.23. The molecule has 0 bridgehead atoms. The minimum Gasteiger partial charge on any atom is -0.476 e. The molecule has 0 aliphatic heterocycles. The Morgan fingerprint density at radius 1 is 1.33 bits per heavy atom. The van der Waals surface area contributed by atoms with Crippen molar-refractivity contribution in [1.29, 1.82) is 0 Å². The van der Waals surface area contributed by atoms with E-state index in [1.54, 1.807) is 6.07 Å². The number of thiophene rings is 1. The van der Waals surface area contributed by atoms with Gasteiger partial charge in [0.2, 0.25) is 5.71 Å². The second-order valence-electron chi connectivity index (χ2n) is 2.90. The molecule has 76 valence electrons. The average Bonchev–Trinajstić information content (AvgIpc) is 2.61. The van der Waals surface area contributed by atoms with Gasteiger partial charge in [0.15, 0.2) is 0 Å². The molecule has 1 aromatic heterocycles. The van der Waals surface area contributed by atoms with E-state index in [0.717, 1.165) is 10.1 Å². The highest BCUT2D eigenvalue weighted by Gasteiger charge is 2.15. The van der Waals surface area contributed by atoms with Crippen LogP contribution in [0.2, 0.25) is 0 Å². The Kier molecular flexibility index (Phi) is 2.39. The molecule has 15 heavy (non-hydrogen) atoms. The first-order valence-corrected chi connectivity index (χ1v) is 4.98. The molecule has 0 radical (unpaired) electrons. The molecule has 1 aromatic carbocycles. The number of nitrogens with zero attached hydrogens (tertiary/aromatic N) is 1. The van der Waals surface area contributed by atoms with Crippen molar-refractivity contribution < 1.29 is 15.1 Å². The molecular weight excluding hydrogens is 214 g/mol. The van der Waals surface area contributed by atoms with E-state index in [1.165, 1.54) is 11.3 Å². The van der Waals surface area contributed by atoms with Crippen molar-refractivity contribution in [3.05, 3.63) is 35.2 Å². The molecular formula is C10H7NO3S. The molecule has 0 saturated carbocycles. The number of carbonyl (C=O) groups is 1. The van der Waals surface area contributed by atoms with Crippen LogP contribution in [0.25, 0.3) is 10.1 Å². The summed E-state index contributed by atoms with van der Waals surface area (Å²) >= 11 is 1.29. The molecule has 0 spiro atoms. The van der Waals surface area contributed by atoms with Crippen molar-refractivity contribution in [3.63, 3.8) is 0 Å². The Morgan fingerprint density at radius 2 is 2.07 bits per heavy atom. The highest BCUT2D eigenvalue weighted by atomic mass is 32.1. The molecule has 2 aromatic rings. The highest BCUT2D eigenvalue weighted by Crippen LogP contribution is 2.25. The van der Waals surface area contributed by atoms with Crippen LogP contribution in [0.1, 0.15) is 4.88 Å². The number of fused-ring (bicyclic) bond motifs is 1. The number of carboxylic acids is 1. The minimum atomic E-state index is -1.23. The number of hydrogen-bond acceptors (Lipinski definition) is 4. The number of aliphatic carboxylic acids is 1. The molecule has 2 rings (SSSR count). The molecule has 0 unspecified atom stereocenters. The predicted octanol–water partition coefficient (Wildman–Crippen LogP) is 2.16. The van der Waals surface area contributed by atoms with E-state index in [2.05, 4.69) is 5.16 Å². The van der Waals surface area contributed by atoms with Crippen LogP contribution in [0.3, 0.4) is 0 Å². The fraction of sp³-hybridized carbons (Fsp3) is 0. The van der Waals surface area contributed by atoms with Gasteiger partial charge in [-0.15, -0.1) is 11.3 Å². The van der Waals surface area contributed by atoms with Gasteiger partial charge in [0.1, 0.15) is 0 Å². The van der Waals surface area contributed by atoms with Gasteiger partial charge >= 0.3 is 5.97 Å². The third-order valence-corrected chi connectivity index (χ3v) is 3.08. The first kappa shape index (κ1) is 9.67. The van der Waals surface area contributed by atoms with Crippen molar-refractivity contribution in [2.45, 2.75) is 0 Å². The van der Waals surface area contributed by atoms with E-state index in [1.807, 2.05) is 24.3 Å². The molecule has 4 nitrogen and oxygen atoms in total. The molecule has 0 aliphatic carbocycles. The zero-order valence-corrected chi connectivity index (χ0v) is 8.36. The smallest absolute Gasteiger partial charge is 0.359 e. The largest absolute Gasteiger partial charge is 0.476 e. The third-order valence-electron chi connectivity index (χ3n) is 1.96. The van der Waals surface area contributed by atoms with E-state index in [9.17, 15) is 4.79 Å². The van der Waals surface area contributed by atoms with Gasteiger partial charge < -0.3 is 10.3 Å². The van der Waals surface area contributed by atoms with E-state index in [4.69, 9.17) is 10.3 Å². The van der Waals surface area contributed by atoms with Gasteiger partial charge in [0, 0.05) is 4.70 Å². The van der Waals surface area contributed by atoms with Gasteiger partial charge in [0.05, 0.1) is 4.88 Å². The maximum atomic E-state index is 10.7. The van der Waals surface area contributed by atoms with Crippen LogP contribution < -0.4 is 0 Å². The standard InChI is InChI=1S/C10H7NO3S/c12-10(13)9(11-14)8-5-6-3-1-2-4-7(6)15-8/h1-5,14H,(H,12,13)/b11-9+. The number of carboxylic acid groups (broad SMARTS) is 1. The zero-order chi connectivity index (χ0) is 10.8. The molecule has 1 heterocycles. The Balaban J connectivity index is 2.58.